The third-order valence-corrected chi connectivity index (χ3v) is 4.20. The molecule has 1 aliphatic carbocycles. The Morgan fingerprint density at radius 2 is 2.47 bits per heavy atom. The maximum absolute atomic E-state index is 11.1. The van der Waals surface area contributed by atoms with Gasteiger partial charge in [0.25, 0.3) is 0 Å². The number of carbonyl (C=O) groups is 1. The van der Waals surface area contributed by atoms with E-state index in [-0.39, 0.29) is 0 Å². The molecule has 2 rings (SSSR count). The first kappa shape index (κ1) is 10.5. The Balaban J connectivity index is 1.95. The van der Waals surface area contributed by atoms with Gasteiger partial charge in [-0.25, -0.2) is 0 Å². The van der Waals surface area contributed by atoms with Crippen LogP contribution in [0.3, 0.4) is 0 Å². The van der Waals surface area contributed by atoms with Crippen LogP contribution in [0.25, 0.3) is 0 Å². The van der Waals surface area contributed by atoms with Gasteiger partial charge in [-0.3, -0.25) is 9.48 Å². The van der Waals surface area contributed by atoms with Gasteiger partial charge < -0.3 is 5.11 Å². The lowest BCUT2D eigenvalue weighted by molar-refractivity contribution is -0.152. The summed E-state index contributed by atoms with van der Waals surface area (Å²) in [5.74, 6) is 0.0127. The van der Waals surface area contributed by atoms with Crippen LogP contribution < -0.4 is 0 Å². The molecule has 1 aromatic heterocycles. The van der Waals surface area contributed by atoms with Gasteiger partial charge in [0.1, 0.15) is 0 Å². The van der Waals surface area contributed by atoms with Crippen LogP contribution in [-0.2, 0) is 11.8 Å². The highest BCUT2D eigenvalue weighted by Gasteiger charge is 2.44. The molecule has 0 unspecified atom stereocenters. The minimum atomic E-state index is -0.648. The highest BCUT2D eigenvalue weighted by atomic mass is 32.2. The lowest BCUT2D eigenvalue weighted by Gasteiger charge is -2.37. The van der Waals surface area contributed by atoms with Crippen molar-refractivity contribution in [1.82, 2.24) is 9.78 Å². The molecule has 0 saturated heterocycles. The normalized spacial score (nSPS) is 18.5. The second-order valence-electron chi connectivity index (χ2n) is 4.08. The summed E-state index contributed by atoms with van der Waals surface area (Å²) in [7, 11) is 1.86. The van der Waals surface area contributed by atoms with Gasteiger partial charge in [-0.1, -0.05) is 6.42 Å². The van der Waals surface area contributed by atoms with Gasteiger partial charge in [0.05, 0.1) is 11.6 Å². The Morgan fingerprint density at radius 3 is 2.87 bits per heavy atom. The maximum Gasteiger partial charge on any atom is 0.310 e. The largest absolute Gasteiger partial charge is 0.481 e. The summed E-state index contributed by atoms with van der Waals surface area (Å²) in [5, 5.41) is 13.2. The molecule has 15 heavy (non-hydrogen) atoms. The number of hydrogen-bond donors (Lipinski definition) is 1. The topological polar surface area (TPSA) is 55.1 Å². The number of rotatable bonds is 4. The Bertz CT molecular complexity index is 371. The lowest BCUT2D eigenvalue weighted by Crippen LogP contribution is -2.40. The number of thioether (sulfide) groups is 1. The van der Waals surface area contributed by atoms with E-state index in [0.29, 0.717) is 5.75 Å². The number of carboxylic acids is 1. The molecule has 0 aliphatic heterocycles. The standard InChI is InChI=1S/C10H14N2O2S/c1-12-6-8(5-11-12)15-7-10(9(13)14)3-2-4-10/h5-6H,2-4,7H2,1H3,(H,13,14). The van der Waals surface area contributed by atoms with Crippen molar-refractivity contribution in [2.24, 2.45) is 12.5 Å². The first-order valence-corrected chi connectivity index (χ1v) is 5.96. The van der Waals surface area contributed by atoms with Gasteiger partial charge >= 0.3 is 5.97 Å². The summed E-state index contributed by atoms with van der Waals surface area (Å²) >= 11 is 1.59. The molecule has 0 bridgehead atoms. The van der Waals surface area contributed by atoms with Crippen molar-refractivity contribution in [3.63, 3.8) is 0 Å². The molecule has 1 fully saturated rings. The van der Waals surface area contributed by atoms with Crippen LogP contribution in [0.2, 0.25) is 0 Å². The number of aliphatic carboxylic acids is 1. The van der Waals surface area contributed by atoms with E-state index in [2.05, 4.69) is 5.10 Å². The summed E-state index contributed by atoms with van der Waals surface area (Å²) in [6, 6.07) is 0. The fraction of sp³-hybridized carbons (Fsp3) is 0.600. The van der Waals surface area contributed by atoms with Gasteiger partial charge in [0, 0.05) is 23.9 Å². The average molecular weight is 226 g/mol. The highest BCUT2D eigenvalue weighted by molar-refractivity contribution is 7.99. The predicted molar refractivity (Wildman–Crippen MR) is 57.9 cm³/mol. The van der Waals surface area contributed by atoms with E-state index >= 15 is 0 Å². The monoisotopic (exact) mass is 226 g/mol. The quantitative estimate of drug-likeness (QED) is 0.795. The van der Waals surface area contributed by atoms with Crippen LogP contribution in [0.1, 0.15) is 19.3 Å². The summed E-state index contributed by atoms with van der Waals surface area (Å²) < 4.78 is 1.73. The van der Waals surface area contributed by atoms with Crippen LogP contribution >= 0.6 is 11.8 Å². The molecular formula is C10H14N2O2S. The number of aryl methyl sites for hydroxylation is 1. The van der Waals surface area contributed by atoms with Crippen LogP contribution in [0.15, 0.2) is 17.3 Å². The fourth-order valence-corrected chi connectivity index (χ4v) is 2.92. The second kappa shape index (κ2) is 3.89. The number of hydrogen-bond acceptors (Lipinski definition) is 3. The molecule has 0 amide bonds. The lowest BCUT2D eigenvalue weighted by atomic mass is 9.70. The summed E-state index contributed by atoms with van der Waals surface area (Å²) in [4.78, 5) is 12.1. The smallest absolute Gasteiger partial charge is 0.310 e. The molecule has 1 aromatic rings. The third-order valence-electron chi connectivity index (χ3n) is 2.96. The molecule has 1 N–H and O–H groups in total. The first-order valence-electron chi connectivity index (χ1n) is 4.97. The van der Waals surface area contributed by atoms with Crippen LogP contribution in [-0.4, -0.2) is 26.6 Å². The van der Waals surface area contributed by atoms with E-state index in [0.717, 1.165) is 24.2 Å². The Kier molecular flexibility index (Phi) is 2.73. The first-order chi connectivity index (χ1) is 7.12. The van der Waals surface area contributed by atoms with Crippen LogP contribution in [0, 0.1) is 5.41 Å². The molecule has 1 heterocycles. The molecule has 5 heteroatoms. The maximum atomic E-state index is 11.1. The zero-order valence-corrected chi connectivity index (χ0v) is 9.46. The predicted octanol–water partition coefficient (Wildman–Crippen LogP) is 1.77. The van der Waals surface area contributed by atoms with Crippen molar-refractivity contribution in [3.8, 4) is 0 Å². The number of aromatic nitrogens is 2. The van der Waals surface area contributed by atoms with E-state index < -0.39 is 11.4 Å². The molecule has 4 nitrogen and oxygen atoms in total. The molecule has 1 aliphatic rings. The minimum absolute atomic E-state index is 0.472. The Labute approximate surface area is 92.7 Å². The number of carboxylic acid groups (broad SMARTS) is 1. The van der Waals surface area contributed by atoms with Gasteiger partial charge in [-0.05, 0) is 12.8 Å². The fourth-order valence-electron chi connectivity index (χ4n) is 1.72. The zero-order chi connectivity index (χ0) is 10.9. The van der Waals surface area contributed by atoms with Crippen molar-refractivity contribution in [3.05, 3.63) is 12.4 Å². The second-order valence-corrected chi connectivity index (χ2v) is 5.13. The van der Waals surface area contributed by atoms with E-state index in [1.54, 1.807) is 22.6 Å². The Hall–Kier alpha value is -0.970. The van der Waals surface area contributed by atoms with Gasteiger partial charge in [0.15, 0.2) is 0 Å². The molecule has 0 radical (unpaired) electrons. The SMILES string of the molecule is Cn1cc(SCC2(C(=O)O)CCC2)cn1. The van der Waals surface area contributed by atoms with Crippen molar-refractivity contribution >= 4 is 17.7 Å². The average Bonchev–Trinajstić information content (AvgIpc) is 2.49. The van der Waals surface area contributed by atoms with E-state index in [4.69, 9.17) is 5.11 Å². The molecule has 82 valence electrons. The van der Waals surface area contributed by atoms with Crippen molar-refractivity contribution < 1.29 is 9.90 Å². The molecule has 0 spiro atoms. The van der Waals surface area contributed by atoms with Crippen molar-refractivity contribution in [2.45, 2.75) is 24.2 Å². The van der Waals surface area contributed by atoms with Crippen LogP contribution in [0.5, 0.6) is 0 Å². The number of nitrogens with zero attached hydrogens (tertiary/aromatic N) is 2. The summed E-state index contributed by atoms with van der Waals surface area (Å²) in [6.45, 7) is 0. The Morgan fingerprint density at radius 1 is 1.73 bits per heavy atom. The van der Waals surface area contributed by atoms with E-state index in [9.17, 15) is 4.79 Å². The van der Waals surface area contributed by atoms with E-state index in [1.807, 2.05) is 13.2 Å². The van der Waals surface area contributed by atoms with Crippen LogP contribution in [0.4, 0.5) is 0 Å². The van der Waals surface area contributed by atoms with Gasteiger partial charge in [-0.15, -0.1) is 11.8 Å². The zero-order valence-electron chi connectivity index (χ0n) is 8.64. The minimum Gasteiger partial charge on any atom is -0.481 e. The third kappa shape index (κ3) is 2.02. The molecular weight excluding hydrogens is 212 g/mol. The van der Waals surface area contributed by atoms with Gasteiger partial charge in [-0.2, -0.15) is 5.10 Å². The van der Waals surface area contributed by atoms with E-state index in [1.165, 1.54) is 0 Å². The van der Waals surface area contributed by atoms with Crippen molar-refractivity contribution in [1.29, 1.82) is 0 Å². The van der Waals surface area contributed by atoms with Crippen molar-refractivity contribution in [2.75, 3.05) is 5.75 Å². The van der Waals surface area contributed by atoms with Gasteiger partial charge in [0.2, 0.25) is 0 Å². The highest BCUT2D eigenvalue weighted by Crippen LogP contribution is 2.44. The molecule has 0 aromatic carbocycles. The summed E-state index contributed by atoms with van der Waals surface area (Å²) in [5.41, 5.74) is -0.472. The summed E-state index contributed by atoms with van der Waals surface area (Å²) in [6.07, 6.45) is 6.36. The molecule has 0 atom stereocenters. The molecule has 1 saturated carbocycles.